The van der Waals surface area contributed by atoms with Gasteiger partial charge in [-0.2, -0.15) is 4.40 Å². The van der Waals surface area contributed by atoms with Crippen molar-refractivity contribution in [3.8, 4) is 45.3 Å². The Kier molecular flexibility index (Phi) is 9.50. The number of pyridine rings is 2. The predicted octanol–water partition coefficient (Wildman–Crippen LogP) is 6.42. The normalized spacial score (nSPS) is 11.1. The van der Waals surface area contributed by atoms with Crippen molar-refractivity contribution in [1.82, 2.24) is 0 Å². The lowest BCUT2D eigenvalue weighted by Crippen LogP contribution is -2.25. The summed E-state index contributed by atoms with van der Waals surface area (Å²) in [5, 5.41) is 4.22. The molecule has 0 spiro atoms. The van der Waals surface area contributed by atoms with E-state index in [9.17, 15) is 17.8 Å². The van der Waals surface area contributed by atoms with Gasteiger partial charge in [0.05, 0.1) is 39.2 Å². The third-order valence-corrected chi connectivity index (χ3v) is 8.17. The number of aromatic nitrogens is 1. The molecule has 0 aliphatic heterocycles. The number of nitrogens with zero attached hydrogens (tertiary/aromatic N) is 1. The van der Waals surface area contributed by atoms with Crippen LogP contribution >= 0.6 is 0 Å². The zero-order valence-electron chi connectivity index (χ0n) is 26.7. The van der Waals surface area contributed by atoms with Gasteiger partial charge in [0.25, 0.3) is 10.4 Å². The Morgan fingerprint density at radius 1 is 0.681 bits per heavy atom. The van der Waals surface area contributed by atoms with Gasteiger partial charge >= 0.3 is 5.97 Å². The molecule has 47 heavy (non-hydrogen) atoms. The summed E-state index contributed by atoms with van der Waals surface area (Å²) in [7, 11) is 1.89. The van der Waals surface area contributed by atoms with Gasteiger partial charge in [0.1, 0.15) is 0 Å². The Balaban J connectivity index is 0.000000483. The van der Waals surface area contributed by atoms with E-state index in [1.807, 2.05) is 18.2 Å². The number of ether oxygens (including phenoxy) is 4. The second-order valence-electron chi connectivity index (χ2n) is 10.5. The summed E-state index contributed by atoms with van der Waals surface area (Å²) in [6.45, 7) is 2.95. The molecule has 0 radical (unpaired) electrons. The highest BCUT2D eigenvalue weighted by Gasteiger charge is 2.23. The van der Waals surface area contributed by atoms with E-state index in [2.05, 4.69) is 88.4 Å². The molecule has 242 valence electrons. The fourth-order valence-electron chi connectivity index (χ4n) is 5.67. The first-order valence-corrected chi connectivity index (χ1v) is 15.7. The van der Waals surface area contributed by atoms with E-state index in [0.717, 1.165) is 50.8 Å². The second kappa shape index (κ2) is 13.5. The topological polar surface area (TPSA) is 125 Å². The van der Waals surface area contributed by atoms with Gasteiger partial charge in [-0.3, -0.25) is 4.79 Å². The fraction of sp³-hybridized carbons (Fsp3) is 0.167. The van der Waals surface area contributed by atoms with Crippen LogP contribution in [0.4, 0.5) is 0 Å². The lowest BCUT2D eigenvalue weighted by atomic mass is 9.96. The molecular weight excluding hydrogens is 622 g/mol. The van der Waals surface area contributed by atoms with Gasteiger partial charge in [0, 0.05) is 36.9 Å². The molecule has 6 aromatic rings. The number of fused-ring (bicyclic) bond motifs is 4. The summed E-state index contributed by atoms with van der Waals surface area (Å²) < 4.78 is 56.8. The van der Waals surface area contributed by atoms with Crippen molar-refractivity contribution >= 4 is 43.4 Å². The summed E-state index contributed by atoms with van der Waals surface area (Å²) in [5.74, 6) is 1.71. The highest BCUT2D eigenvalue weighted by molar-refractivity contribution is 7.81. The number of aryl methyl sites for hydroxylation is 1. The minimum atomic E-state index is -4.82. The van der Waals surface area contributed by atoms with E-state index in [1.165, 1.54) is 11.1 Å². The van der Waals surface area contributed by atoms with Crippen LogP contribution < -0.4 is 23.3 Å². The molecule has 0 atom stereocenters. The van der Waals surface area contributed by atoms with E-state index in [1.54, 1.807) is 28.4 Å². The maximum absolute atomic E-state index is 9.66. The molecular formula is C36H33NO9S. The summed E-state index contributed by atoms with van der Waals surface area (Å²) >= 11 is 0. The van der Waals surface area contributed by atoms with Crippen LogP contribution in [0.25, 0.3) is 49.3 Å². The average Bonchev–Trinajstić information content (AvgIpc) is 3.06. The third kappa shape index (κ3) is 6.76. The second-order valence-corrected chi connectivity index (χ2v) is 11.5. The summed E-state index contributed by atoms with van der Waals surface area (Å²) in [4.78, 5) is 9.66. The molecule has 2 aromatic heterocycles. The number of carbonyl (C=O) groups excluding carboxylic acids is 1. The van der Waals surface area contributed by atoms with Crippen LogP contribution in [0.1, 0.15) is 12.6 Å². The molecule has 4 aromatic carbocycles. The van der Waals surface area contributed by atoms with E-state index in [4.69, 9.17) is 18.9 Å². The van der Waals surface area contributed by atoms with E-state index < -0.39 is 16.4 Å². The van der Waals surface area contributed by atoms with Crippen molar-refractivity contribution in [3.05, 3.63) is 96.8 Å². The Labute approximate surface area is 272 Å². The van der Waals surface area contributed by atoms with Crippen LogP contribution in [0.3, 0.4) is 0 Å². The third-order valence-electron chi connectivity index (χ3n) is 7.73. The molecule has 0 aliphatic rings. The lowest BCUT2D eigenvalue weighted by molar-refractivity contribution is -0.516. The molecule has 0 fully saturated rings. The van der Waals surface area contributed by atoms with E-state index >= 15 is 0 Å². The number of carbonyl (C=O) groups is 1. The van der Waals surface area contributed by atoms with Crippen molar-refractivity contribution in [2.24, 2.45) is 0 Å². The summed E-state index contributed by atoms with van der Waals surface area (Å²) in [6, 6.07) is 29.5. The summed E-state index contributed by atoms with van der Waals surface area (Å²) in [5.41, 5.74) is 6.54. The van der Waals surface area contributed by atoms with Gasteiger partial charge in [0.2, 0.25) is 5.52 Å². The molecule has 6 rings (SSSR count). The van der Waals surface area contributed by atoms with Crippen molar-refractivity contribution in [3.63, 3.8) is 0 Å². The van der Waals surface area contributed by atoms with Crippen molar-refractivity contribution in [2.75, 3.05) is 28.4 Å². The molecule has 10 nitrogen and oxygen atoms in total. The molecule has 0 N–H and O–H groups in total. The average molecular weight is 656 g/mol. The highest BCUT2D eigenvalue weighted by Crippen LogP contribution is 2.45. The maximum atomic E-state index is 9.66. The first kappa shape index (κ1) is 33.0. The minimum Gasteiger partial charge on any atom is -0.716 e. The van der Waals surface area contributed by atoms with Gasteiger partial charge < -0.3 is 27.7 Å². The molecule has 0 saturated carbocycles. The van der Waals surface area contributed by atoms with E-state index in [-0.39, 0.29) is 0 Å². The van der Waals surface area contributed by atoms with Gasteiger partial charge in [0.15, 0.2) is 34.9 Å². The van der Waals surface area contributed by atoms with E-state index in [0.29, 0.717) is 23.0 Å². The number of hydrogen-bond acceptors (Lipinski definition) is 9. The standard InChI is InChI=1S/C34H30NO4.C2H4O5S/c1-21-27-20-32(37-3)31(36-2)18-25(27)17-30-29-19-28(34(39-5)33(38-4)26(29)15-16-35(21)30)24-13-11-23(12-14-24)22-9-7-6-8-10-22;1-2(3)7-8(4,5)6/h6-20H,1-5H3;1H3,(H,4,5,6)/q+1;/p-1. The van der Waals surface area contributed by atoms with Crippen LogP contribution in [-0.4, -0.2) is 47.4 Å². The predicted molar refractivity (Wildman–Crippen MR) is 178 cm³/mol. The van der Waals surface area contributed by atoms with Gasteiger partial charge in [-0.25, -0.2) is 8.42 Å². The zero-order valence-corrected chi connectivity index (χ0v) is 27.5. The number of benzene rings is 4. The molecule has 11 heteroatoms. The summed E-state index contributed by atoms with van der Waals surface area (Å²) in [6.07, 6.45) is 2.08. The smallest absolute Gasteiger partial charge is 0.318 e. The largest absolute Gasteiger partial charge is 0.716 e. The molecule has 0 unspecified atom stereocenters. The van der Waals surface area contributed by atoms with Crippen LogP contribution in [0.5, 0.6) is 23.0 Å². The fourth-order valence-corrected chi connectivity index (χ4v) is 5.96. The molecule has 0 saturated heterocycles. The minimum absolute atomic E-state index is 0.701. The Hall–Kier alpha value is -5.39. The Bertz CT molecular complexity index is 2220. The molecule has 0 bridgehead atoms. The Morgan fingerprint density at radius 3 is 1.83 bits per heavy atom. The van der Waals surface area contributed by atoms with Gasteiger partial charge in [-0.1, -0.05) is 54.6 Å². The number of hydrogen-bond donors (Lipinski definition) is 0. The number of methoxy groups -OCH3 is 4. The van der Waals surface area contributed by atoms with Crippen molar-refractivity contribution in [2.45, 2.75) is 13.8 Å². The van der Waals surface area contributed by atoms with Crippen LogP contribution in [0.15, 0.2) is 91.1 Å². The van der Waals surface area contributed by atoms with Crippen LogP contribution in [0.2, 0.25) is 0 Å². The zero-order chi connectivity index (χ0) is 33.9. The first-order chi connectivity index (χ1) is 22.5. The molecule has 2 heterocycles. The maximum Gasteiger partial charge on any atom is 0.318 e. The first-order valence-electron chi connectivity index (χ1n) is 14.4. The lowest BCUT2D eigenvalue weighted by Gasteiger charge is -2.16. The van der Waals surface area contributed by atoms with Gasteiger partial charge in [-0.15, -0.1) is 0 Å². The Morgan fingerprint density at radius 2 is 1.28 bits per heavy atom. The van der Waals surface area contributed by atoms with Crippen LogP contribution in [0, 0.1) is 6.92 Å². The highest BCUT2D eigenvalue weighted by atomic mass is 32.3. The monoisotopic (exact) mass is 655 g/mol. The number of rotatable bonds is 7. The quantitative estimate of drug-likeness (QED) is 0.0630. The van der Waals surface area contributed by atoms with Crippen LogP contribution in [-0.2, 0) is 19.4 Å². The van der Waals surface area contributed by atoms with Crippen molar-refractivity contribution < 1.29 is 45.3 Å². The van der Waals surface area contributed by atoms with Crippen molar-refractivity contribution in [1.29, 1.82) is 0 Å². The van der Waals surface area contributed by atoms with Gasteiger partial charge in [-0.05, 0) is 40.3 Å². The molecule has 0 amide bonds. The molecule has 0 aliphatic carbocycles. The SMILES string of the molecule is CC(=O)OS(=O)(=O)[O-].COc1cc2cc3c4cc(-c5ccc(-c6ccccc6)cc5)c(OC)c(OC)c4cc[n+]3c(C)c2cc1OC.